The Morgan fingerprint density at radius 2 is 1.64 bits per heavy atom. The summed E-state index contributed by atoms with van der Waals surface area (Å²) in [7, 11) is 2.97. The fraction of sp³-hybridized carbons (Fsp3) is 0.419. The minimum atomic E-state index is -0.973. The molecule has 39 heavy (non-hydrogen) atoms. The lowest BCUT2D eigenvalue weighted by molar-refractivity contribution is 0.0186. The van der Waals surface area contributed by atoms with Crippen LogP contribution in [0, 0.1) is 0 Å². The molecule has 0 radical (unpaired) electrons. The highest BCUT2D eigenvalue weighted by Gasteiger charge is 2.38. The first kappa shape index (κ1) is 25.5. The van der Waals surface area contributed by atoms with Crippen molar-refractivity contribution in [3.8, 4) is 51.4 Å². The van der Waals surface area contributed by atoms with Gasteiger partial charge >= 0.3 is 0 Å². The van der Waals surface area contributed by atoms with Crippen molar-refractivity contribution in [2.45, 2.75) is 69.7 Å². The number of rotatable bonds is 5. The molecular formula is C31H34O8. The normalized spacial score (nSPS) is 20.3. The van der Waals surface area contributed by atoms with Crippen LogP contribution >= 0.6 is 0 Å². The highest BCUT2D eigenvalue weighted by Crippen LogP contribution is 2.53. The lowest BCUT2D eigenvalue weighted by atomic mass is 9.80. The maximum Gasteiger partial charge on any atom is 0.207 e. The monoisotopic (exact) mass is 534 g/mol. The largest absolute Gasteiger partial charge is 0.508 e. The Morgan fingerprint density at radius 1 is 0.846 bits per heavy atom. The Balaban J connectivity index is 1.40. The van der Waals surface area contributed by atoms with E-state index in [0.717, 1.165) is 59.9 Å². The molecule has 0 bridgehead atoms. The van der Waals surface area contributed by atoms with Crippen molar-refractivity contribution in [3.05, 3.63) is 52.6 Å². The molecule has 3 aromatic rings. The van der Waals surface area contributed by atoms with E-state index < -0.39 is 12.2 Å². The van der Waals surface area contributed by atoms with Crippen LogP contribution in [0.15, 0.2) is 30.3 Å². The zero-order chi connectivity index (χ0) is 27.3. The third-order valence-electron chi connectivity index (χ3n) is 8.29. The second-order valence-corrected chi connectivity index (χ2v) is 10.6. The first-order chi connectivity index (χ1) is 18.9. The number of methoxy groups -OCH3 is 2. The number of hydrogen-bond donors (Lipinski definition) is 4. The maximum atomic E-state index is 11.4. The molecule has 2 atom stereocenters. The molecule has 3 aromatic carbocycles. The van der Waals surface area contributed by atoms with Gasteiger partial charge in [-0.1, -0.05) is 12.5 Å². The van der Waals surface area contributed by atoms with Crippen LogP contribution in [0.4, 0.5) is 0 Å². The lowest BCUT2D eigenvalue weighted by Gasteiger charge is -2.35. The van der Waals surface area contributed by atoms with E-state index in [9.17, 15) is 20.4 Å². The van der Waals surface area contributed by atoms with Crippen molar-refractivity contribution in [1.82, 2.24) is 0 Å². The second kappa shape index (κ2) is 10.1. The van der Waals surface area contributed by atoms with Crippen LogP contribution in [-0.4, -0.2) is 46.9 Å². The molecule has 0 amide bonds. The molecule has 6 rings (SSSR count). The van der Waals surface area contributed by atoms with Gasteiger partial charge in [0.15, 0.2) is 17.6 Å². The summed E-state index contributed by atoms with van der Waals surface area (Å²) in [6, 6.07) is 8.73. The minimum absolute atomic E-state index is 0.0368. The molecule has 0 aromatic heterocycles. The summed E-state index contributed by atoms with van der Waals surface area (Å²) in [5.41, 5.74) is 5.22. The molecule has 1 heterocycles. The van der Waals surface area contributed by atoms with Crippen LogP contribution in [0.1, 0.15) is 60.5 Å². The van der Waals surface area contributed by atoms with Gasteiger partial charge in [0, 0.05) is 29.2 Å². The molecule has 1 fully saturated rings. The molecule has 2 unspecified atom stereocenters. The van der Waals surface area contributed by atoms with E-state index in [2.05, 4.69) is 0 Å². The smallest absolute Gasteiger partial charge is 0.207 e. The third kappa shape index (κ3) is 4.36. The number of aromatic hydroxyl groups is 3. The summed E-state index contributed by atoms with van der Waals surface area (Å²) in [6.07, 6.45) is 4.90. The van der Waals surface area contributed by atoms with Gasteiger partial charge in [-0.05, 0) is 73.4 Å². The molecule has 4 N–H and O–H groups in total. The maximum absolute atomic E-state index is 11.4. The van der Waals surface area contributed by atoms with Crippen molar-refractivity contribution in [3.63, 3.8) is 0 Å². The van der Waals surface area contributed by atoms with Gasteiger partial charge < -0.3 is 39.4 Å². The first-order valence-corrected chi connectivity index (χ1v) is 13.6. The average molecular weight is 535 g/mol. The zero-order valence-electron chi connectivity index (χ0n) is 22.2. The zero-order valence-corrected chi connectivity index (χ0v) is 22.2. The standard InChI is InChI=1S/C31H34O8/c1-36-25-15-24-21(20-10-8-16-12-17(32)9-11-19(16)27(20)25)13-23(33)30(39-24)22-14-26(29(35)31(37-2)28(22)34)38-18-6-4-3-5-7-18/h9,11-12,14-15,18,23,30,32-35H,3-8,10,13H2,1-2H3. The SMILES string of the molecule is COc1cc2c(c3c1-c1ccc(O)cc1CC3)CC(O)C(c1cc(OC3CCCCC3)c(O)c(OC)c1O)O2. The fourth-order valence-electron chi connectivity index (χ4n) is 6.38. The molecule has 206 valence electrons. The van der Waals surface area contributed by atoms with E-state index in [1.54, 1.807) is 25.3 Å². The molecule has 8 nitrogen and oxygen atoms in total. The number of fused-ring (bicyclic) bond motifs is 5. The van der Waals surface area contributed by atoms with E-state index in [4.69, 9.17) is 18.9 Å². The number of ether oxygens (including phenoxy) is 4. The number of aryl methyl sites for hydroxylation is 1. The van der Waals surface area contributed by atoms with E-state index in [0.29, 0.717) is 24.3 Å². The van der Waals surface area contributed by atoms with Crippen LogP contribution < -0.4 is 18.9 Å². The van der Waals surface area contributed by atoms with E-state index in [1.165, 1.54) is 13.5 Å². The highest BCUT2D eigenvalue weighted by molar-refractivity contribution is 5.82. The van der Waals surface area contributed by atoms with E-state index >= 15 is 0 Å². The Kier molecular flexibility index (Phi) is 6.59. The summed E-state index contributed by atoms with van der Waals surface area (Å²) in [5.74, 6) is 0.974. The Morgan fingerprint density at radius 3 is 2.38 bits per heavy atom. The molecular weight excluding hydrogens is 500 g/mol. The Labute approximate surface area is 227 Å². The number of aliphatic hydroxyl groups excluding tert-OH is 1. The van der Waals surface area contributed by atoms with Gasteiger partial charge in [0.05, 0.1) is 26.4 Å². The molecule has 0 saturated heterocycles. The number of phenols is 3. The van der Waals surface area contributed by atoms with Crippen LogP contribution in [0.25, 0.3) is 11.1 Å². The van der Waals surface area contributed by atoms with Gasteiger partial charge in [-0.15, -0.1) is 0 Å². The molecule has 8 heteroatoms. The van der Waals surface area contributed by atoms with E-state index in [-0.39, 0.29) is 40.4 Å². The summed E-state index contributed by atoms with van der Waals surface area (Å²) >= 11 is 0. The Hall–Kier alpha value is -3.78. The van der Waals surface area contributed by atoms with Gasteiger partial charge in [0.25, 0.3) is 0 Å². The predicted octanol–water partition coefficient (Wildman–Crippen LogP) is 5.33. The predicted molar refractivity (Wildman–Crippen MR) is 144 cm³/mol. The van der Waals surface area contributed by atoms with Gasteiger partial charge in [-0.3, -0.25) is 0 Å². The molecule has 1 saturated carbocycles. The fourth-order valence-corrected chi connectivity index (χ4v) is 6.38. The van der Waals surface area contributed by atoms with Crippen molar-refractivity contribution >= 4 is 0 Å². The van der Waals surface area contributed by atoms with Crippen molar-refractivity contribution in [2.24, 2.45) is 0 Å². The summed E-state index contributed by atoms with van der Waals surface area (Å²) in [5, 5.41) is 43.2. The molecule has 2 aliphatic carbocycles. The second-order valence-electron chi connectivity index (χ2n) is 10.6. The highest BCUT2D eigenvalue weighted by atomic mass is 16.5. The van der Waals surface area contributed by atoms with Gasteiger partial charge in [-0.25, -0.2) is 0 Å². The number of benzene rings is 3. The molecule has 0 spiro atoms. The number of aliphatic hydroxyl groups is 1. The topological polar surface area (TPSA) is 118 Å². The van der Waals surface area contributed by atoms with Crippen molar-refractivity contribution in [1.29, 1.82) is 0 Å². The van der Waals surface area contributed by atoms with Gasteiger partial charge in [0.1, 0.15) is 17.2 Å². The quantitative estimate of drug-likeness (QED) is 0.347. The summed E-state index contributed by atoms with van der Waals surface area (Å²) < 4.78 is 23.7. The number of phenolic OH excluding ortho intramolecular Hbond substituents is 3. The number of hydrogen-bond acceptors (Lipinski definition) is 8. The minimum Gasteiger partial charge on any atom is -0.508 e. The van der Waals surface area contributed by atoms with Crippen LogP contribution in [0.2, 0.25) is 0 Å². The molecule has 3 aliphatic rings. The third-order valence-corrected chi connectivity index (χ3v) is 8.29. The summed E-state index contributed by atoms with van der Waals surface area (Å²) in [4.78, 5) is 0. The molecule has 1 aliphatic heterocycles. The Bertz CT molecular complexity index is 1410. The van der Waals surface area contributed by atoms with Crippen LogP contribution in [-0.2, 0) is 19.3 Å². The lowest BCUT2D eigenvalue weighted by Crippen LogP contribution is -2.32. The van der Waals surface area contributed by atoms with Crippen LogP contribution in [0.3, 0.4) is 0 Å². The average Bonchev–Trinajstić information content (AvgIpc) is 2.94. The summed E-state index contributed by atoms with van der Waals surface area (Å²) in [6.45, 7) is 0. The van der Waals surface area contributed by atoms with Crippen molar-refractivity contribution < 1.29 is 39.4 Å². The van der Waals surface area contributed by atoms with Crippen LogP contribution in [0.5, 0.6) is 40.2 Å². The van der Waals surface area contributed by atoms with Gasteiger partial charge in [-0.2, -0.15) is 0 Å². The van der Waals surface area contributed by atoms with Crippen molar-refractivity contribution in [2.75, 3.05) is 14.2 Å². The van der Waals surface area contributed by atoms with E-state index in [1.807, 2.05) is 12.1 Å². The first-order valence-electron chi connectivity index (χ1n) is 13.6. The van der Waals surface area contributed by atoms with Gasteiger partial charge in [0.2, 0.25) is 11.5 Å².